The highest BCUT2D eigenvalue weighted by atomic mass is 16.5. The molecule has 0 aromatic carbocycles. The van der Waals surface area contributed by atoms with Crippen LogP contribution in [0.3, 0.4) is 0 Å². The molecule has 6 nitrogen and oxygen atoms in total. The Balaban J connectivity index is 1.98. The van der Waals surface area contributed by atoms with Crippen molar-refractivity contribution in [1.82, 2.24) is 15.0 Å². The van der Waals surface area contributed by atoms with Gasteiger partial charge in [0.25, 0.3) is 0 Å². The van der Waals surface area contributed by atoms with Gasteiger partial charge in [-0.15, -0.1) is 0 Å². The molecule has 21 heavy (non-hydrogen) atoms. The van der Waals surface area contributed by atoms with Crippen LogP contribution in [-0.4, -0.2) is 38.7 Å². The molecule has 1 aromatic heterocycles. The number of piperidine rings is 1. The van der Waals surface area contributed by atoms with E-state index in [1.54, 1.807) is 0 Å². The second-order valence-corrected chi connectivity index (χ2v) is 6.82. The average molecular weight is 295 g/mol. The number of carboxylic acid groups (broad SMARTS) is 1. The van der Waals surface area contributed by atoms with Crippen LogP contribution in [0.5, 0.6) is 0 Å². The lowest BCUT2D eigenvalue weighted by molar-refractivity contribution is -0.137. The summed E-state index contributed by atoms with van der Waals surface area (Å²) in [5.41, 5.74) is -0.143. The fourth-order valence-corrected chi connectivity index (χ4v) is 2.69. The number of hydrogen-bond donors (Lipinski definition) is 1. The summed E-state index contributed by atoms with van der Waals surface area (Å²) in [6, 6.07) is 0.312. The highest BCUT2D eigenvalue weighted by molar-refractivity contribution is 5.66. The van der Waals surface area contributed by atoms with Crippen molar-refractivity contribution >= 4 is 5.97 Å². The van der Waals surface area contributed by atoms with E-state index in [1.165, 1.54) is 6.42 Å². The Morgan fingerprint density at radius 2 is 2.19 bits per heavy atom. The molecule has 0 spiro atoms. The van der Waals surface area contributed by atoms with Crippen molar-refractivity contribution in [3.63, 3.8) is 0 Å². The fourth-order valence-electron chi connectivity index (χ4n) is 2.69. The lowest BCUT2D eigenvalue weighted by Gasteiger charge is -2.34. The van der Waals surface area contributed by atoms with Crippen molar-refractivity contribution in [3.8, 4) is 0 Å². The maximum absolute atomic E-state index is 10.8. The Bertz CT molecular complexity index is 479. The van der Waals surface area contributed by atoms with E-state index >= 15 is 0 Å². The summed E-state index contributed by atoms with van der Waals surface area (Å²) >= 11 is 0. The van der Waals surface area contributed by atoms with Gasteiger partial charge in [-0.2, -0.15) is 4.98 Å². The molecule has 0 radical (unpaired) electrons. The van der Waals surface area contributed by atoms with Crippen LogP contribution in [0.15, 0.2) is 4.52 Å². The van der Waals surface area contributed by atoms with Gasteiger partial charge in [0.15, 0.2) is 5.82 Å². The van der Waals surface area contributed by atoms with Crippen LogP contribution in [0.1, 0.15) is 64.6 Å². The summed E-state index contributed by atoms with van der Waals surface area (Å²) in [4.78, 5) is 17.5. The molecule has 1 aliphatic rings. The molecule has 1 aliphatic heterocycles. The molecule has 0 aliphatic carbocycles. The smallest absolute Gasteiger partial charge is 0.303 e. The maximum Gasteiger partial charge on any atom is 0.303 e. The summed E-state index contributed by atoms with van der Waals surface area (Å²) < 4.78 is 5.32. The number of hydrogen-bond acceptors (Lipinski definition) is 5. The molecular weight excluding hydrogens is 270 g/mol. The molecule has 1 aromatic rings. The van der Waals surface area contributed by atoms with Crippen molar-refractivity contribution in [2.75, 3.05) is 6.54 Å². The minimum atomic E-state index is -0.727. The van der Waals surface area contributed by atoms with Crippen LogP contribution in [-0.2, 0) is 16.8 Å². The Labute approximate surface area is 125 Å². The van der Waals surface area contributed by atoms with Gasteiger partial charge in [-0.05, 0) is 25.8 Å². The van der Waals surface area contributed by atoms with E-state index in [1.807, 2.05) is 20.8 Å². The zero-order valence-electron chi connectivity index (χ0n) is 13.1. The van der Waals surface area contributed by atoms with Gasteiger partial charge >= 0.3 is 5.97 Å². The molecule has 1 unspecified atom stereocenters. The zero-order chi connectivity index (χ0) is 15.5. The summed E-state index contributed by atoms with van der Waals surface area (Å²) in [6.07, 6.45) is 4.28. The SMILES string of the molecule is CC(C)(C)c1nc(CN2CCCCC2CCC(=O)O)no1. The molecule has 118 valence electrons. The number of carbonyl (C=O) groups is 1. The second kappa shape index (κ2) is 6.56. The predicted molar refractivity (Wildman–Crippen MR) is 77.9 cm³/mol. The number of nitrogens with zero attached hydrogens (tertiary/aromatic N) is 3. The van der Waals surface area contributed by atoms with Gasteiger partial charge in [0, 0.05) is 17.9 Å². The molecule has 6 heteroatoms. The Kier molecular flexibility index (Phi) is 4.98. The Morgan fingerprint density at radius 1 is 1.43 bits per heavy atom. The minimum absolute atomic E-state index is 0.143. The Morgan fingerprint density at radius 3 is 2.81 bits per heavy atom. The van der Waals surface area contributed by atoms with E-state index in [0.29, 0.717) is 30.7 Å². The number of carboxylic acids is 1. The van der Waals surface area contributed by atoms with E-state index in [-0.39, 0.29) is 11.8 Å². The number of aromatic nitrogens is 2. The van der Waals surface area contributed by atoms with Crippen molar-refractivity contribution in [3.05, 3.63) is 11.7 Å². The van der Waals surface area contributed by atoms with Crippen molar-refractivity contribution in [1.29, 1.82) is 0 Å². The van der Waals surface area contributed by atoms with Gasteiger partial charge in [0.1, 0.15) is 0 Å². The van der Waals surface area contributed by atoms with E-state index in [2.05, 4.69) is 15.0 Å². The lowest BCUT2D eigenvalue weighted by Crippen LogP contribution is -2.39. The van der Waals surface area contributed by atoms with E-state index in [4.69, 9.17) is 9.63 Å². The second-order valence-electron chi connectivity index (χ2n) is 6.82. The highest BCUT2D eigenvalue weighted by Gasteiger charge is 2.26. The van der Waals surface area contributed by atoms with Gasteiger partial charge < -0.3 is 9.63 Å². The molecule has 1 saturated heterocycles. The number of rotatable bonds is 5. The standard InChI is InChI=1S/C15H25N3O3/c1-15(2,3)14-16-12(17-21-14)10-18-9-5-4-6-11(18)7-8-13(19)20/h11H,4-10H2,1-3H3,(H,19,20). The predicted octanol–water partition coefficient (Wildman–Crippen LogP) is 2.59. The highest BCUT2D eigenvalue weighted by Crippen LogP contribution is 2.24. The first-order chi connectivity index (χ1) is 9.86. The third-order valence-corrected chi connectivity index (χ3v) is 3.89. The van der Waals surface area contributed by atoms with Crippen LogP contribution in [0.2, 0.25) is 0 Å². The number of likely N-dealkylation sites (tertiary alicyclic amines) is 1. The third kappa shape index (κ3) is 4.52. The first-order valence-electron chi connectivity index (χ1n) is 7.65. The fraction of sp³-hybridized carbons (Fsp3) is 0.800. The first kappa shape index (κ1) is 15.9. The molecule has 1 atom stereocenters. The molecule has 2 heterocycles. The maximum atomic E-state index is 10.8. The van der Waals surface area contributed by atoms with Crippen molar-refractivity contribution in [2.24, 2.45) is 0 Å². The van der Waals surface area contributed by atoms with Crippen molar-refractivity contribution in [2.45, 2.75) is 70.9 Å². The quantitative estimate of drug-likeness (QED) is 0.899. The van der Waals surface area contributed by atoms with Crippen molar-refractivity contribution < 1.29 is 14.4 Å². The molecule has 1 fully saturated rings. The van der Waals surface area contributed by atoms with E-state index in [9.17, 15) is 4.79 Å². The summed E-state index contributed by atoms with van der Waals surface area (Å²) in [5, 5.41) is 12.9. The lowest BCUT2D eigenvalue weighted by atomic mass is 9.97. The zero-order valence-corrected chi connectivity index (χ0v) is 13.1. The van der Waals surface area contributed by atoms with Crippen LogP contribution in [0.4, 0.5) is 0 Å². The van der Waals surface area contributed by atoms with Gasteiger partial charge in [-0.25, -0.2) is 0 Å². The molecule has 0 bridgehead atoms. The largest absolute Gasteiger partial charge is 0.481 e. The molecule has 0 amide bonds. The van der Waals surface area contributed by atoms with Gasteiger partial charge in [0.2, 0.25) is 5.89 Å². The Hall–Kier alpha value is -1.43. The van der Waals surface area contributed by atoms with Crippen LogP contribution < -0.4 is 0 Å². The summed E-state index contributed by atoms with van der Waals surface area (Å²) in [7, 11) is 0. The average Bonchev–Trinajstić information content (AvgIpc) is 2.86. The summed E-state index contributed by atoms with van der Waals surface area (Å²) in [5.74, 6) is 0.619. The normalized spacial score (nSPS) is 20.6. The van der Waals surface area contributed by atoms with Crippen LogP contribution >= 0.6 is 0 Å². The topological polar surface area (TPSA) is 79.5 Å². The molecule has 1 N–H and O–H groups in total. The first-order valence-corrected chi connectivity index (χ1v) is 7.65. The van der Waals surface area contributed by atoms with E-state index in [0.717, 1.165) is 19.4 Å². The third-order valence-electron chi connectivity index (χ3n) is 3.89. The number of aliphatic carboxylic acids is 1. The van der Waals surface area contributed by atoms with E-state index < -0.39 is 5.97 Å². The minimum Gasteiger partial charge on any atom is -0.481 e. The van der Waals surface area contributed by atoms with Crippen LogP contribution in [0.25, 0.3) is 0 Å². The van der Waals surface area contributed by atoms with Gasteiger partial charge in [-0.3, -0.25) is 9.69 Å². The van der Waals surface area contributed by atoms with Crippen LogP contribution in [0, 0.1) is 0 Å². The molecule has 2 rings (SSSR count). The van der Waals surface area contributed by atoms with Gasteiger partial charge in [-0.1, -0.05) is 32.3 Å². The molecule has 0 saturated carbocycles. The monoisotopic (exact) mass is 295 g/mol. The molecular formula is C15H25N3O3. The summed E-state index contributed by atoms with van der Waals surface area (Å²) in [6.45, 7) is 7.75. The van der Waals surface area contributed by atoms with Gasteiger partial charge in [0.05, 0.1) is 6.54 Å².